The summed E-state index contributed by atoms with van der Waals surface area (Å²) in [6, 6.07) is 1.98. The van der Waals surface area contributed by atoms with E-state index in [1.165, 1.54) is 0 Å². The van der Waals surface area contributed by atoms with Gasteiger partial charge >= 0.3 is 0 Å². The minimum atomic E-state index is -0.312. The summed E-state index contributed by atoms with van der Waals surface area (Å²) in [5, 5.41) is 19.5. The van der Waals surface area contributed by atoms with Crippen LogP contribution in [0.25, 0.3) is 0 Å². The van der Waals surface area contributed by atoms with E-state index in [4.69, 9.17) is 0 Å². The standard InChI is InChI=1S/C14H22N2O2/c1-9-4-5-16(7-13(9)18)14-12(8-17)10(2)6-11(3)15-14/h6,9,13,17-18H,4-5,7-8H2,1-3H3. The van der Waals surface area contributed by atoms with Crippen LogP contribution in [-0.2, 0) is 6.61 Å². The van der Waals surface area contributed by atoms with Crippen LogP contribution in [0.5, 0.6) is 0 Å². The molecule has 0 saturated carbocycles. The number of piperidine rings is 1. The number of aromatic nitrogens is 1. The lowest BCUT2D eigenvalue weighted by Crippen LogP contribution is -2.43. The molecular formula is C14H22N2O2. The van der Waals surface area contributed by atoms with E-state index in [0.29, 0.717) is 12.5 Å². The molecule has 1 aromatic heterocycles. The van der Waals surface area contributed by atoms with Crippen molar-refractivity contribution >= 4 is 5.82 Å². The zero-order valence-corrected chi connectivity index (χ0v) is 11.3. The Bertz CT molecular complexity index is 434. The molecule has 2 heterocycles. The summed E-state index contributed by atoms with van der Waals surface area (Å²) < 4.78 is 0. The van der Waals surface area contributed by atoms with Crippen molar-refractivity contribution in [2.75, 3.05) is 18.0 Å². The number of anilines is 1. The zero-order valence-electron chi connectivity index (χ0n) is 11.3. The smallest absolute Gasteiger partial charge is 0.134 e. The van der Waals surface area contributed by atoms with Gasteiger partial charge in [0.05, 0.1) is 12.7 Å². The van der Waals surface area contributed by atoms with E-state index in [0.717, 1.165) is 35.6 Å². The molecule has 2 rings (SSSR count). The first kappa shape index (κ1) is 13.3. The average Bonchev–Trinajstić information content (AvgIpc) is 2.32. The van der Waals surface area contributed by atoms with Crippen molar-refractivity contribution in [1.29, 1.82) is 0 Å². The molecular weight excluding hydrogens is 228 g/mol. The predicted molar refractivity (Wildman–Crippen MR) is 71.6 cm³/mol. The molecule has 1 saturated heterocycles. The molecule has 0 aromatic carbocycles. The van der Waals surface area contributed by atoms with Gasteiger partial charge in [-0.3, -0.25) is 0 Å². The summed E-state index contributed by atoms with van der Waals surface area (Å²) in [6.07, 6.45) is 0.647. The lowest BCUT2D eigenvalue weighted by molar-refractivity contribution is 0.102. The third kappa shape index (κ3) is 2.49. The topological polar surface area (TPSA) is 56.6 Å². The van der Waals surface area contributed by atoms with Crippen LogP contribution in [0.2, 0.25) is 0 Å². The maximum Gasteiger partial charge on any atom is 0.134 e. The van der Waals surface area contributed by atoms with E-state index >= 15 is 0 Å². The molecule has 0 spiro atoms. The summed E-state index contributed by atoms with van der Waals surface area (Å²) in [7, 11) is 0. The SMILES string of the molecule is Cc1cc(C)c(CO)c(N2CCC(C)C(O)C2)n1. The Morgan fingerprint density at radius 3 is 2.78 bits per heavy atom. The maximum atomic E-state index is 9.98. The molecule has 1 aliphatic heterocycles. The van der Waals surface area contributed by atoms with E-state index in [-0.39, 0.29) is 12.7 Å². The van der Waals surface area contributed by atoms with Gasteiger partial charge < -0.3 is 15.1 Å². The Balaban J connectivity index is 2.33. The van der Waals surface area contributed by atoms with Gasteiger partial charge in [0.1, 0.15) is 5.82 Å². The number of hydrogen-bond acceptors (Lipinski definition) is 4. The second-order valence-electron chi connectivity index (χ2n) is 5.32. The second kappa shape index (κ2) is 5.24. The van der Waals surface area contributed by atoms with Crippen molar-refractivity contribution in [2.45, 2.75) is 39.9 Å². The van der Waals surface area contributed by atoms with Crippen LogP contribution < -0.4 is 4.90 Å². The number of β-amino-alcohol motifs (C(OH)–C–C–N with tert-alkyl or cyclic N) is 1. The largest absolute Gasteiger partial charge is 0.392 e. The van der Waals surface area contributed by atoms with Gasteiger partial charge in [0.15, 0.2) is 0 Å². The molecule has 100 valence electrons. The molecule has 4 heteroatoms. The first-order chi connectivity index (χ1) is 8.52. The Morgan fingerprint density at radius 1 is 1.44 bits per heavy atom. The number of aliphatic hydroxyl groups excluding tert-OH is 2. The maximum absolute atomic E-state index is 9.98. The van der Waals surface area contributed by atoms with E-state index in [1.807, 2.05) is 19.9 Å². The highest BCUT2D eigenvalue weighted by atomic mass is 16.3. The van der Waals surface area contributed by atoms with Crippen LogP contribution in [0.4, 0.5) is 5.82 Å². The first-order valence-electron chi connectivity index (χ1n) is 6.54. The van der Waals surface area contributed by atoms with E-state index in [9.17, 15) is 10.2 Å². The minimum absolute atomic E-state index is 0.00338. The van der Waals surface area contributed by atoms with E-state index in [1.54, 1.807) is 0 Å². The Hall–Kier alpha value is -1.13. The minimum Gasteiger partial charge on any atom is -0.392 e. The van der Waals surface area contributed by atoms with Crippen LogP contribution in [0, 0.1) is 19.8 Å². The van der Waals surface area contributed by atoms with Gasteiger partial charge in [0, 0.05) is 24.3 Å². The number of aryl methyl sites for hydroxylation is 2. The number of pyridine rings is 1. The molecule has 18 heavy (non-hydrogen) atoms. The van der Waals surface area contributed by atoms with Gasteiger partial charge in [0.2, 0.25) is 0 Å². The summed E-state index contributed by atoms with van der Waals surface area (Å²) in [6.45, 7) is 7.51. The summed E-state index contributed by atoms with van der Waals surface area (Å²) in [5.74, 6) is 1.17. The molecule has 0 aliphatic carbocycles. The molecule has 0 bridgehead atoms. The molecule has 2 N–H and O–H groups in total. The first-order valence-corrected chi connectivity index (χ1v) is 6.54. The van der Waals surface area contributed by atoms with Crippen molar-refractivity contribution in [3.05, 3.63) is 22.9 Å². The van der Waals surface area contributed by atoms with Crippen LogP contribution in [0.15, 0.2) is 6.07 Å². The molecule has 2 unspecified atom stereocenters. The van der Waals surface area contributed by atoms with E-state index < -0.39 is 0 Å². The van der Waals surface area contributed by atoms with Gasteiger partial charge in [0.25, 0.3) is 0 Å². The molecule has 1 aromatic rings. The third-order valence-electron chi connectivity index (χ3n) is 3.83. The summed E-state index contributed by atoms with van der Waals surface area (Å²) in [4.78, 5) is 6.64. The van der Waals surface area contributed by atoms with Gasteiger partial charge in [-0.15, -0.1) is 0 Å². The summed E-state index contributed by atoms with van der Waals surface area (Å²) >= 11 is 0. The molecule has 0 radical (unpaired) electrons. The van der Waals surface area contributed by atoms with Crippen molar-refractivity contribution in [3.63, 3.8) is 0 Å². The van der Waals surface area contributed by atoms with Gasteiger partial charge in [-0.1, -0.05) is 6.92 Å². The fourth-order valence-electron chi connectivity index (χ4n) is 2.54. The van der Waals surface area contributed by atoms with Gasteiger partial charge in [-0.05, 0) is 37.8 Å². The van der Waals surface area contributed by atoms with Crippen molar-refractivity contribution in [2.24, 2.45) is 5.92 Å². The third-order valence-corrected chi connectivity index (χ3v) is 3.83. The molecule has 4 nitrogen and oxygen atoms in total. The van der Waals surface area contributed by atoms with Crippen molar-refractivity contribution < 1.29 is 10.2 Å². The average molecular weight is 250 g/mol. The predicted octanol–water partition coefficient (Wildman–Crippen LogP) is 1.40. The van der Waals surface area contributed by atoms with Crippen molar-refractivity contribution in [3.8, 4) is 0 Å². The van der Waals surface area contributed by atoms with Gasteiger partial charge in [-0.25, -0.2) is 4.98 Å². The Kier molecular flexibility index (Phi) is 3.88. The normalized spacial score (nSPS) is 24.4. The molecule has 1 fully saturated rings. The van der Waals surface area contributed by atoms with Gasteiger partial charge in [-0.2, -0.15) is 0 Å². The highest BCUT2D eigenvalue weighted by molar-refractivity contribution is 5.51. The molecule has 2 atom stereocenters. The Labute approximate surface area is 108 Å². The lowest BCUT2D eigenvalue weighted by Gasteiger charge is -2.36. The zero-order chi connectivity index (χ0) is 13.3. The van der Waals surface area contributed by atoms with E-state index in [2.05, 4.69) is 16.8 Å². The quantitative estimate of drug-likeness (QED) is 0.833. The van der Waals surface area contributed by atoms with Crippen molar-refractivity contribution in [1.82, 2.24) is 4.98 Å². The Morgan fingerprint density at radius 2 is 2.17 bits per heavy atom. The second-order valence-corrected chi connectivity index (χ2v) is 5.32. The number of rotatable bonds is 2. The summed E-state index contributed by atoms with van der Waals surface area (Å²) in [5.41, 5.74) is 2.89. The van der Waals surface area contributed by atoms with Crippen LogP contribution in [0.3, 0.4) is 0 Å². The van der Waals surface area contributed by atoms with Crippen LogP contribution in [0.1, 0.15) is 30.2 Å². The number of hydrogen-bond donors (Lipinski definition) is 2. The highest BCUT2D eigenvalue weighted by Gasteiger charge is 2.26. The van der Waals surface area contributed by atoms with Crippen LogP contribution >= 0.6 is 0 Å². The number of aliphatic hydroxyl groups is 2. The monoisotopic (exact) mass is 250 g/mol. The number of nitrogens with zero attached hydrogens (tertiary/aromatic N) is 2. The highest BCUT2D eigenvalue weighted by Crippen LogP contribution is 2.27. The fraction of sp³-hybridized carbons (Fsp3) is 0.643. The lowest BCUT2D eigenvalue weighted by atomic mass is 9.95. The fourth-order valence-corrected chi connectivity index (χ4v) is 2.54. The van der Waals surface area contributed by atoms with Crippen LogP contribution in [-0.4, -0.2) is 34.4 Å². The molecule has 0 amide bonds. The molecule has 1 aliphatic rings.